The molecule has 0 bridgehead atoms. The Kier molecular flexibility index (Phi) is 6.06. The van der Waals surface area contributed by atoms with Gasteiger partial charge in [-0.15, -0.1) is 0 Å². The molecule has 0 radical (unpaired) electrons. The van der Waals surface area contributed by atoms with Crippen LogP contribution in [0.2, 0.25) is 5.02 Å². The van der Waals surface area contributed by atoms with Crippen LogP contribution in [0.15, 0.2) is 72.0 Å². The first-order valence-electron chi connectivity index (χ1n) is 8.00. The van der Waals surface area contributed by atoms with Crippen molar-refractivity contribution in [3.05, 3.63) is 83.0 Å². The number of anilines is 1. The van der Waals surface area contributed by atoms with Gasteiger partial charge < -0.3 is 9.47 Å². The van der Waals surface area contributed by atoms with E-state index in [0.717, 1.165) is 11.1 Å². The summed E-state index contributed by atoms with van der Waals surface area (Å²) in [5.41, 5.74) is 4.65. The van der Waals surface area contributed by atoms with Crippen molar-refractivity contribution in [2.45, 2.75) is 6.61 Å². The van der Waals surface area contributed by atoms with Gasteiger partial charge in [0.2, 0.25) is 0 Å². The summed E-state index contributed by atoms with van der Waals surface area (Å²) < 4.78 is 11.3. The Hall–Kier alpha value is -3.05. The van der Waals surface area contributed by atoms with E-state index >= 15 is 0 Å². The zero-order chi connectivity index (χ0) is 18.2. The average molecular weight is 368 g/mol. The molecule has 0 aliphatic heterocycles. The number of ether oxygens (including phenoxy) is 2. The van der Waals surface area contributed by atoms with Crippen molar-refractivity contribution in [1.29, 1.82) is 0 Å². The largest absolute Gasteiger partial charge is 0.493 e. The number of hydrazone groups is 1. The molecule has 5 nitrogen and oxygen atoms in total. The quantitative estimate of drug-likeness (QED) is 0.483. The predicted octanol–water partition coefficient (Wildman–Crippen LogP) is 4.77. The van der Waals surface area contributed by atoms with Crippen LogP contribution in [0.5, 0.6) is 11.5 Å². The smallest absolute Gasteiger partial charge is 0.162 e. The Bertz CT molecular complexity index is 885. The van der Waals surface area contributed by atoms with Gasteiger partial charge in [-0.05, 0) is 42.0 Å². The molecule has 2 aromatic carbocycles. The van der Waals surface area contributed by atoms with Gasteiger partial charge in [0.15, 0.2) is 11.5 Å². The Labute approximate surface area is 157 Å². The summed E-state index contributed by atoms with van der Waals surface area (Å²) >= 11 is 6.18. The lowest BCUT2D eigenvalue weighted by atomic mass is 10.2. The van der Waals surface area contributed by atoms with Crippen molar-refractivity contribution in [2.24, 2.45) is 5.10 Å². The summed E-state index contributed by atoms with van der Waals surface area (Å²) in [6.07, 6.45) is 3.39. The van der Waals surface area contributed by atoms with Crippen molar-refractivity contribution in [1.82, 2.24) is 4.98 Å². The van der Waals surface area contributed by atoms with Crippen molar-refractivity contribution in [3.63, 3.8) is 0 Å². The van der Waals surface area contributed by atoms with E-state index in [2.05, 4.69) is 15.5 Å². The van der Waals surface area contributed by atoms with Gasteiger partial charge in [-0.25, -0.2) is 4.98 Å². The second-order valence-electron chi connectivity index (χ2n) is 5.38. The minimum absolute atomic E-state index is 0.350. The molecule has 3 rings (SSSR count). The van der Waals surface area contributed by atoms with Gasteiger partial charge >= 0.3 is 0 Å². The minimum Gasteiger partial charge on any atom is -0.493 e. The van der Waals surface area contributed by atoms with Gasteiger partial charge in [-0.3, -0.25) is 5.43 Å². The van der Waals surface area contributed by atoms with Crippen LogP contribution in [0.25, 0.3) is 0 Å². The summed E-state index contributed by atoms with van der Waals surface area (Å²) in [6.45, 7) is 0.350. The number of pyridine rings is 1. The van der Waals surface area contributed by atoms with Crippen LogP contribution in [0.4, 0.5) is 5.82 Å². The molecule has 1 heterocycles. The SMILES string of the molecule is COc1ccc(C=NNc2ccccn2)cc1OCc1ccccc1Cl. The van der Waals surface area contributed by atoms with Gasteiger partial charge in [0.05, 0.1) is 13.3 Å². The number of hydrogen-bond acceptors (Lipinski definition) is 5. The lowest BCUT2D eigenvalue weighted by Gasteiger charge is -2.12. The standard InChI is InChI=1S/C20H18ClN3O2/c1-25-18-10-9-15(13-23-24-20-8-4-5-11-22-20)12-19(18)26-14-16-6-2-3-7-17(16)21/h2-13H,14H2,1H3,(H,22,24). The first-order chi connectivity index (χ1) is 12.8. The fraction of sp³-hybridized carbons (Fsp3) is 0.100. The highest BCUT2D eigenvalue weighted by atomic mass is 35.5. The van der Waals surface area contributed by atoms with Gasteiger partial charge in [0.25, 0.3) is 0 Å². The van der Waals surface area contributed by atoms with E-state index in [0.29, 0.717) is 28.9 Å². The monoisotopic (exact) mass is 367 g/mol. The van der Waals surface area contributed by atoms with Crippen LogP contribution in [-0.2, 0) is 6.61 Å². The normalized spacial score (nSPS) is 10.7. The van der Waals surface area contributed by atoms with Crippen molar-refractivity contribution >= 4 is 23.6 Å². The predicted molar refractivity (Wildman–Crippen MR) is 104 cm³/mol. The summed E-state index contributed by atoms with van der Waals surface area (Å²) in [5, 5.41) is 4.86. The molecule has 0 unspecified atom stereocenters. The molecule has 6 heteroatoms. The number of aromatic nitrogens is 1. The molecular weight excluding hydrogens is 350 g/mol. The molecule has 0 saturated carbocycles. The molecule has 0 atom stereocenters. The molecule has 0 spiro atoms. The van der Waals surface area contributed by atoms with E-state index in [4.69, 9.17) is 21.1 Å². The van der Waals surface area contributed by atoms with Gasteiger partial charge in [-0.1, -0.05) is 35.9 Å². The van der Waals surface area contributed by atoms with E-state index in [-0.39, 0.29) is 0 Å². The maximum Gasteiger partial charge on any atom is 0.162 e. The average Bonchev–Trinajstić information content (AvgIpc) is 2.68. The zero-order valence-electron chi connectivity index (χ0n) is 14.2. The highest BCUT2D eigenvalue weighted by Crippen LogP contribution is 2.29. The molecule has 26 heavy (non-hydrogen) atoms. The summed E-state index contributed by atoms with van der Waals surface area (Å²) in [6, 6.07) is 18.7. The lowest BCUT2D eigenvalue weighted by Crippen LogP contribution is -1.99. The molecule has 0 saturated heterocycles. The summed E-state index contributed by atoms with van der Waals surface area (Å²) in [4.78, 5) is 4.14. The van der Waals surface area contributed by atoms with E-state index in [1.165, 1.54) is 0 Å². The number of hydrogen-bond donors (Lipinski definition) is 1. The number of benzene rings is 2. The number of nitrogens with zero attached hydrogens (tertiary/aromatic N) is 2. The second kappa shape index (κ2) is 8.87. The van der Waals surface area contributed by atoms with Crippen molar-refractivity contribution < 1.29 is 9.47 Å². The second-order valence-corrected chi connectivity index (χ2v) is 5.78. The molecule has 0 aliphatic carbocycles. The van der Waals surface area contributed by atoms with Crippen LogP contribution in [-0.4, -0.2) is 18.3 Å². The molecule has 1 N–H and O–H groups in total. The van der Waals surface area contributed by atoms with Crippen LogP contribution in [0.3, 0.4) is 0 Å². The van der Waals surface area contributed by atoms with E-state index in [1.54, 1.807) is 19.5 Å². The number of methoxy groups -OCH3 is 1. The fourth-order valence-electron chi connectivity index (χ4n) is 2.26. The first kappa shape index (κ1) is 17.8. The molecule has 1 aromatic heterocycles. The van der Waals surface area contributed by atoms with Crippen molar-refractivity contribution in [2.75, 3.05) is 12.5 Å². The summed E-state index contributed by atoms with van der Waals surface area (Å²) in [5.74, 6) is 1.94. The van der Waals surface area contributed by atoms with Gasteiger partial charge in [0, 0.05) is 16.8 Å². The van der Waals surface area contributed by atoms with Crippen LogP contribution in [0, 0.1) is 0 Å². The molecule has 0 fully saturated rings. The molecule has 0 aliphatic rings. The molecule has 0 amide bonds. The third kappa shape index (κ3) is 4.74. The minimum atomic E-state index is 0.350. The number of rotatable bonds is 7. The highest BCUT2D eigenvalue weighted by molar-refractivity contribution is 6.31. The van der Waals surface area contributed by atoms with E-state index in [1.807, 2.05) is 60.7 Å². The Morgan fingerprint density at radius 2 is 1.92 bits per heavy atom. The fourth-order valence-corrected chi connectivity index (χ4v) is 2.45. The molecule has 3 aromatic rings. The Morgan fingerprint density at radius 1 is 1.08 bits per heavy atom. The van der Waals surface area contributed by atoms with E-state index < -0.39 is 0 Å². The number of halogens is 1. The Morgan fingerprint density at radius 3 is 2.69 bits per heavy atom. The highest BCUT2D eigenvalue weighted by Gasteiger charge is 2.07. The maximum atomic E-state index is 6.18. The third-order valence-corrected chi connectivity index (χ3v) is 3.96. The zero-order valence-corrected chi connectivity index (χ0v) is 15.0. The van der Waals surface area contributed by atoms with Crippen LogP contribution in [0.1, 0.15) is 11.1 Å². The van der Waals surface area contributed by atoms with Crippen LogP contribution >= 0.6 is 11.6 Å². The van der Waals surface area contributed by atoms with Crippen molar-refractivity contribution in [3.8, 4) is 11.5 Å². The maximum absolute atomic E-state index is 6.18. The van der Waals surface area contributed by atoms with Crippen LogP contribution < -0.4 is 14.9 Å². The summed E-state index contributed by atoms with van der Waals surface area (Å²) in [7, 11) is 1.61. The van der Waals surface area contributed by atoms with Gasteiger partial charge in [0.1, 0.15) is 12.4 Å². The van der Waals surface area contributed by atoms with E-state index in [9.17, 15) is 0 Å². The lowest BCUT2D eigenvalue weighted by molar-refractivity contribution is 0.284. The Balaban J connectivity index is 1.70. The first-order valence-corrected chi connectivity index (χ1v) is 8.38. The topological polar surface area (TPSA) is 55.7 Å². The van der Waals surface area contributed by atoms with Gasteiger partial charge in [-0.2, -0.15) is 5.10 Å². The number of nitrogens with one attached hydrogen (secondary N) is 1. The third-order valence-electron chi connectivity index (χ3n) is 3.59. The molecular formula is C20H18ClN3O2. The molecule has 132 valence electrons.